The van der Waals surface area contributed by atoms with Crippen molar-refractivity contribution >= 4 is 5.97 Å². The molecule has 0 aliphatic carbocycles. The Morgan fingerprint density at radius 3 is 2.11 bits per heavy atom. The zero-order valence-corrected chi connectivity index (χ0v) is 9.88. The Morgan fingerprint density at radius 2 is 1.68 bits per heavy atom. The summed E-state index contributed by atoms with van der Waals surface area (Å²) in [4.78, 5) is 11.0. The van der Waals surface area contributed by atoms with Crippen LogP contribution in [0.1, 0.15) is 17.9 Å². The first-order valence-corrected chi connectivity index (χ1v) is 5.26. The van der Waals surface area contributed by atoms with E-state index in [1.165, 1.54) is 18.2 Å². The molecule has 1 rings (SSSR count). The van der Waals surface area contributed by atoms with E-state index in [4.69, 9.17) is 0 Å². The van der Waals surface area contributed by atoms with Crippen LogP contribution in [0.25, 0.3) is 0 Å². The Balaban J connectivity index is 3.17. The lowest BCUT2D eigenvalue weighted by Gasteiger charge is -2.28. The topological polar surface area (TPSA) is 26.3 Å². The first-order chi connectivity index (χ1) is 8.70. The maximum atomic E-state index is 13.4. The predicted molar refractivity (Wildman–Crippen MR) is 56.8 cm³/mol. The van der Waals surface area contributed by atoms with Crippen LogP contribution in [0, 0.1) is 0 Å². The van der Waals surface area contributed by atoms with Crippen LogP contribution in [0.4, 0.5) is 22.0 Å². The summed E-state index contributed by atoms with van der Waals surface area (Å²) in [5.74, 6) is -8.44. The van der Waals surface area contributed by atoms with E-state index in [1.807, 2.05) is 0 Å². The van der Waals surface area contributed by atoms with Crippen molar-refractivity contribution in [2.45, 2.75) is 24.4 Å². The van der Waals surface area contributed by atoms with Gasteiger partial charge in [-0.2, -0.15) is 22.0 Å². The summed E-state index contributed by atoms with van der Waals surface area (Å²) in [7, 11) is 0.927. The smallest absolute Gasteiger partial charge is 0.453 e. The van der Waals surface area contributed by atoms with Gasteiger partial charge < -0.3 is 4.74 Å². The maximum Gasteiger partial charge on any atom is 0.453 e. The molecule has 0 aliphatic rings. The molecule has 0 N–H and O–H groups in total. The zero-order valence-electron chi connectivity index (χ0n) is 9.88. The summed E-state index contributed by atoms with van der Waals surface area (Å²) in [5, 5.41) is 0. The monoisotopic (exact) mass is 282 g/mol. The molecular weight excluding hydrogens is 271 g/mol. The Labute approximate surface area is 106 Å². The Bertz CT molecular complexity index is 427. The second kappa shape index (κ2) is 5.54. The third-order valence-electron chi connectivity index (χ3n) is 2.62. The van der Waals surface area contributed by atoms with Gasteiger partial charge in [0, 0.05) is 0 Å². The van der Waals surface area contributed by atoms with Crippen molar-refractivity contribution in [1.29, 1.82) is 0 Å². The molecule has 0 spiro atoms. The van der Waals surface area contributed by atoms with E-state index < -0.39 is 30.4 Å². The number of benzene rings is 1. The van der Waals surface area contributed by atoms with E-state index in [9.17, 15) is 26.7 Å². The molecule has 2 nitrogen and oxygen atoms in total. The highest BCUT2D eigenvalue weighted by molar-refractivity contribution is 5.70. The number of hydrogen-bond donors (Lipinski definition) is 0. The van der Waals surface area contributed by atoms with Crippen molar-refractivity contribution < 1.29 is 31.5 Å². The summed E-state index contributed by atoms with van der Waals surface area (Å²) in [6.45, 7) is 0. The number of rotatable bonds is 4. The molecule has 19 heavy (non-hydrogen) atoms. The van der Waals surface area contributed by atoms with Crippen LogP contribution >= 0.6 is 0 Å². The third-order valence-corrected chi connectivity index (χ3v) is 2.62. The summed E-state index contributed by atoms with van der Waals surface area (Å²) in [6.07, 6.45) is -6.78. The molecule has 0 radical (unpaired) electrons. The van der Waals surface area contributed by atoms with Crippen LogP contribution in [0.5, 0.6) is 0 Å². The number of ether oxygens (including phenoxy) is 1. The average Bonchev–Trinajstić information content (AvgIpc) is 2.35. The van der Waals surface area contributed by atoms with Gasteiger partial charge in [-0.3, -0.25) is 4.79 Å². The molecule has 0 fully saturated rings. The number of halogens is 5. The van der Waals surface area contributed by atoms with E-state index in [0.29, 0.717) is 0 Å². The highest BCUT2D eigenvalue weighted by atomic mass is 19.4. The van der Waals surface area contributed by atoms with Crippen LogP contribution in [0.3, 0.4) is 0 Å². The van der Waals surface area contributed by atoms with Crippen LogP contribution in [-0.4, -0.2) is 25.2 Å². The lowest BCUT2D eigenvalue weighted by Crippen LogP contribution is -2.43. The molecule has 1 aromatic rings. The van der Waals surface area contributed by atoms with Crippen molar-refractivity contribution in [3.8, 4) is 0 Å². The molecule has 0 amide bonds. The van der Waals surface area contributed by atoms with E-state index in [-0.39, 0.29) is 5.56 Å². The number of methoxy groups -OCH3 is 1. The molecule has 0 saturated heterocycles. The Morgan fingerprint density at radius 1 is 1.16 bits per heavy atom. The van der Waals surface area contributed by atoms with Crippen molar-refractivity contribution in [1.82, 2.24) is 0 Å². The summed E-state index contributed by atoms with van der Waals surface area (Å²) in [5.41, 5.74) is -0.268. The van der Waals surface area contributed by atoms with Crippen LogP contribution in [0.2, 0.25) is 0 Å². The van der Waals surface area contributed by atoms with Crippen LogP contribution in [-0.2, 0) is 9.53 Å². The molecule has 0 aliphatic heterocycles. The van der Waals surface area contributed by atoms with Gasteiger partial charge in [-0.25, -0.2) is 0 Å². The predicted octanol–water partition coefficient (Wildman–Crippen LogP) is 3.53. The largest absolute Gasteiger partial charge is 0.469 e. The van der Waals surface area contributed by atoms with E-state index >= 15 is 0 Å². The van der Waals surface area contributed by atoms with E-state index in [1.54, 1.807) is 0 Å². The molecule has 1 atom stereocenters. The number of esters is 1. The van der Waals surface area contributed by atoms with Crippen molar-refractivity contribution in [2.75, 3.05) is 7.11 Å². The van der Waals surface area contributed by atoms with Gasteiger partial charge in [-0.15, -0.1) is 0 Å². The number of carbonyl (C=O) groups is 1. The van der Waals surface area contributed by atoms with Gasteiger partial charge in [0.2, 0.25) is 0 Å². The fraction of sp³-hybridized carbons (Fsp3) is 0.417. The van der Waals surface area contributed by atoms with E-state index in [2.05, 4.69) is 4.74 Å². The lowest BCUT2D eigenvalue weighted by atomic mass is 9.89. The van der Waals surface area contributed by atoms with Crippen LogP contribution < -0.4 is 0 Å². The van der Waals surface area contributed by atoms with Gasteiger partial charge in [-0.05, 0) is 5.56 Å². The lowest BCUT2D eigenvalue weighted by molar-refractivity contribution is -0.291. The third kappa shape index (κ3) is 3.42. The minimum Gasteiger partial charge on any atom is -0.469 e. The number of alkyl halides is 5. The van der Waals surface area contributed by atoms with Gasteiger partial charge in [0.1, 0.15) is 0 Å². The highest BCUT2D eigenvalue weighted by Crippen LogP contribution is 2.47. The maximum absolute atomic E-state index is 13.4. The summed E-state index contributed by atoms with van der Waals surface area (Å²) < 4.78 is 68.3. The quantitative estimate of drug-likeness (QED) is 0.623. The Hall–Kier alpha value is -1.66. The Kier molecular flexibility index (Phi) is 4.49. The minimum absolute atomic E-state index is 0.268. The van der Waals surface area contributed by atoms with Crippen LogP contribution in [0.15, 0.2) is 30.3 Å². The molecule has 0 bridgehead atoms. The molecule has 7 heteroatoms. The standard InChI is InChI=1S/C12H11F5O2/c1-19-10(18)7-9(8-5-3-2-4-6-8)11(13,14)12(15,16)17/h2-6,9H,7H2,1H3. The first kappa shape index (κ1) is 15.4. The van der Waals surface area contributed by atoms with Gasteiger partial charge >= 0.3 is 18.1 Å². The molecule has 1 unspecified atom stereocenters. The van der Waals surface area contributed by atoms with Crippen molar-refractivity contribution in [3.05, 3.63) is 35.9 Å². The van der Waals surface area contributed by atoms with Gasteiger partial charge in [0.05, 0.1) is 19.4 Å². The number of carbonyl (C=O) groups excluding carboxylic acids is 1. The highest BCUT2D eigenvalue weighted by Gasteiger charge is 2.62. The minimum atomic E-state index is -5.73. The molecule has 1 aromatic carbocycles. The van der Waals surface area contributed by atoms with Gasteiger partial charge in [0.15, 0.2) is 0 Å². The fourth-order valence-electron chi connectivity index (χ4n) is 1.59. The summed E-state index contributed by atoms with van der Waals surface area (Å²) in [6, 6.07) is 6.36. The second-order valence-corrected chi connectivity index (χ2v) is 3.86. The first-order valence-electron chi connectivity index (χ1n) is 5.26. The fourth-order valence-corrected chi connectivity index (χ4v) is 1.59. The average molecular weight is 282 g/mol. The molecule has 106 valence electrons. The SMILES string of the molecule is COC(=O)CC(c1ccccc1)C(F)(F)C(F)(F)F. The molecule has 0 aromatic heterocycles. The summed E-state index contributed by atoms with van der Waals surface area (Å²) >= 11 is 0. The molecule has 0 saturated carbocycles. The molecular formula is C12H11F5O2. The zero-order chi connectivity index (χ0) is 14.7. The number of hydrogen-bond acceptors (Lipinski definition) is 2. The van der Waals surface area contributed by atoms with Crippen molar-refractivity contribution in [2.24, 2.45) is 0 Å². The second-order valence-electron chi connectivity index (χ2n) is 3.86. The van der Waals surface area contributed by atoms with E-state index in [0.717, 1.165) is 19.2 Å². The van der Waals surface area contributed by atoms with Crippen molar-refractivity contribution in [3.63, 3.8) is 0 Å². The normalized spacial score (nSPS) is 14.0. The molecule has 0 heterocycles. The van der Waals surface area contributed by atoms with Gasteiger partial charge in [0.25, 0.3) is 0 Å². The van der Waals surface area contributed by atoms with Gasteiger partial charge in [-0.1, -0.05) is 30.3 Å².